The van der Waals surface area contributed by atoms with Crippen molar-refractivity contribution in [1.29, 1.82) is 0 Å². The second kappa shape index (κ2) is 4.99. The summed E-state index contributed by atoms with van der Waals surface area (Å²) in [4.78, 5) is 0. The van der Waals surface area contributed by atoms with E-state index >= 15 is 0 Å². The highest BCUT2D eigenvalue weighted by Gasteiger charge is 2.08. The van der Waals surface area contributed by atoms with Gasteiger partial charge in [-0.1, -0.05) is 60.7 Å². The van der Waals surface area contributed by atoms with E-state index in [0.717, 1.165) is 0 Å². The summed E-state index contributed by atoms with van der Waals surface area (Å²) >= 11 is 0. The maximum atomic E-state index is 2.32. The zero-order valence-electron chi connectivity index (χ0n) is 12.9. The van der Waals surface area contributed by atoms with Gasteiger partial charge in [-0.2, -0.15) is 0 Å². The zero-order valence-corrected chi connectivity index (χ0v) is 12.9. The topological polar surface area (TPSA) is 0 Å². The molecule has 0 atom stereocenters. The summed E-state index contributed by atoms with van der Waals surface area (Å²) in [5.41, 5.74) is 5.33. The lowest BCUT2D eigenvalue weighted by Gasteiger charge is -2.13. The smallest absolute Gasteiger partial charge is 0.0145 e. The highest BCUT2D eigenvalue weighted by molar-refractivity contribution is 5.93. The van der Waals surface area contributed by atoms with E-state index in [1.54, 1.807) is 0 Å². The maximum absolute atomic E-state index is 2.32. The molecule has 4 aromatic carbocycles. The summed E-state index contributed by atoms with van der Waals surface area (Å²) in [5, 5.41) is 5.22. The molecule has 0 bridgehead atoms. The average molecular weight is 282 g/mol. The molecule has 0 fully saturated rings. The Morgan fingerprint density at radius 1 is 0.455 bits per heavy atom. The van der Waals surface area contributed by atoms with Crippen LogP contribution in [0.15, 0.2) is 72.8 Å². The monoisotopic (exact) mass is 282 g/mol. The molecular weight excluding hydrogens is 264 g/mol. The molecule has 0 aliphatic rings. The first-order valence-corrected chi connectivity index (χ1v) is 7.71. The first-order valence-electron chi connectivity index (χ1n) is 7.71. The van der Waals surface area contributed by atoms with Crippen LogP contribution in [0, 0.1) is 13.8 Å². The van der Waals surface area contributed by atoms with Gasteiger partial charge in [0.2, 0.25) is 0 Å². The van der Waals surface area contributed by atoms with Crippen molar-refractivity contribution in [2.45, 2.75) is 13.8 Å². The predicted molar refractivity (Wildman–Crippen MR) is 96.4 cm³/mol. The van der Waals surface area contributed by atoms with Gasteiger partial charge in [-0.05, 0) is 69.8 Å². The highest BCUT2D eigenvalue weighted by atomic mass is 14.1. The van der Waals surface area contributed by atoms with E-state index < -0.39 is 0 Å². The van der Waals surface area contributed by atoms with Crippen molar-refractivity contribution in [2.75, 3.05) is 0 Å². The number of rotatable bonds is 1. The molecule has 22 heavy (non-hydrogen) atoms. The van der Waals surface area contributed by atoms with E-state index in [0.29, 0.717) is 0 Å². The Labute approximate surface area is 131 Å². The van der Waals surface area contributed by atoms with E-state index in [-0.39, 0.29) is 0 Å². The molecular formula is C22H18. The lowest BCUT2D eigenvalue weighted by atomic mass is 9.92. The van der Waals surface area contributed by atoms with Crippen LogP contribution in [0.2, 0.25) is 0 Å². The van der Waals surface area contributed by atoms with Crippen molar-refractivity contribution in [3.8, 4) is 11.1 Å². The minimum atomic E-state index is 1.30. The molecule has 0 radical (unpaired) electrons. The lowest BCUT2D eigenvalue weighted by Crippen LogP contribution is -1.89. The van der Waals surface area contributed by atoms with Crippen LogP contribution in [0.3, 0.4) is 0 Å². The van der Waals surface area contributed by atoms with Crippen LogP contribution in [-0.2, 0) is 0 Å². The summed E-state index contributed by atoms with van der Waals surface area (Å²) < 4.78 is 0. The molecule has 0 unspecified atom stereocenters. The average Bonchev–Trinajstić information content (AvgIpc) is 2.54. The van der Waals surface area contributed by atoms with Gasteiger partial charge in [-0.15, -0.1) is 0 Å². The van der Waals surface area contributed by atoms with Crippen molar-refractivity contribution >= 4 is 21.5 Å². The fourth-order valence-electron chi connectivity index (χ4n) is 3.29. The van der Waals surface area contributed by atoms with Crippen LogP contribution >= 0.6 is 0 Å². The van der Waals surface area contributed by atoms with Gasteiger partial charge in [0.15, 0.2) is 0 Å². The standard InChI is InChI=1S/C22H18/c1-15-11-17-7-3-5-9-19(17)13-21(15)22-14-20-10-6-4-8-18(20)12-16(22)2/h3-14H,1-2H3. The van der Waals surface area contributed by atoms with Gasteiger partial charge in [-0.25, -0.2) is 0 Å². The molecule has 0 N–H and O–H groups in total. The minimum absolute atomic E-state index is 1.30. The van der Waals surface area contributed by atoms with Gasteiger partial charge >= 0.3 is 0 Å². The Hall–Kier alpha value is -2.60. The van der Waals surface area contributed by atoms with E-state index in [4.69, 9.17) is 0 Å². The first-order chi connectivity index (χ1) is 10.7. The Morgan fingerprint density at radius 2 is 0.773 bits per heavy atom. The Bertz CT molecular complexity index is 910. The molecule has 0 saturated carbocycles. The van der Waals surface area contributed by atoms with Crippen LogP contribution in [0.5, 0.6) is 0 Å². The summed E-state index contributed by atoms with van der Waals surface area (Å²) in [7, 11) is 0. The molecule has 106 valence electrons. The molecule has 0 nitrogen and oxygen atoms in total. The van der Waals surface area contributed by atoms with Crippen molar-refractivity contribution in [3.05, 3.63) is 83.9 Å². The van der Waals surface area contributed by atoms with Crippen LogP contribution in [0.1, 0.15) is 11.1 Å². The number of fused-ring (bicyclic) bond motifs is 2. The third-order valence-corrected chi connectivity index (χ3v) is 4.48. The van der Waals surface area contributed by atoms with Crippen LogP contribution < -0.4 is 0 Å². The van der Waals surface area contributed by atoms with Gasteiger partial charge in [0.05, 0.1) is 0 Å². The van der Waals surface area contributed by atoms with E-state index in [9.17, 15) is 0 Å². The normalized spacial score (nSPS) is 11.2. The third kappa shape index (κ3) is 2.08. The molecule has 0 amide bonds. The second-order valence-corrected chi connectivity index (χ2v) is 6.03. The molecule has 0 aliphatic carbocycles. The molecule has 0 heteroatoms. The van der Waals surface area contributed by atoms with Crippen molar-refractivity contribution in [3.63, 3.8) is 0 Å². The van der Waals surface area contributed by atoms with Crippen LogP contribution in [-0.4, -0.2) is 0 Å². The molecule has 0 aromatic heterocycles. The Balaban J connectivity index is 2.02. The van der Waals surface area contributed by atoms with E-state index in [1.165, 1.54) is 43.8 Å². The van der Waals surface area contributed by atoms with Gasteiger partial charge in [0.25, 0.3) is 0 Å². The van der Waals surface area contributed by atoms with Crippen molar-refractivity contribution < 1.29 is 0 Å². The molecule has 0 aliphatic heterocycles. The van der Waals surface area contributed by atoms with Crippen LogP contribution in [0.25, 0.3) is 32.7 Å². The van der Waals surface area contributed by atoms with Gasteiger partial charge < -0.3 is 0 Å². The zero-order chi connectivity index (χ0) is 15.1. The molecule has 4 rings (SSSR count). The third-order valence-electron chi connectivity index (χ3n) is 4.48. The summed E-state index contributed by atoms with van der Waals surface area (Å²) in [5.74, 6) is 0. The number of hydrogen-bond acceptors (Lipinski definition) is 0. The molecule has 0 spiro atoms. The molecule has 4 aromatic rings. The van der Waals surface area contributed by atoms with E-state index in [2.05, 4.69) is 86.6 Å². The van der Waals surface area contributed by atoms with Gasteiger partial charge in [0, 0.05) is 0 Å². The number of benzene rings is 4. The van der Waals surface area contributed by atoms with Gasteiger partial charge in [-0.3, -0.25) is 0 Å². The summed E-state index contributed by atoms with van der Waals surface area (Å²) in [6, 6.07) is 26.4. The SMILES string of the molecule is Cc1cc2ccccc2cc1-c1cc2ccccc2cc1C. The summed E-state index contributed by atoms with van der Waals surface area (Å²) in [6.45, 7) is 4.41. The molecule has 0 heterocycles. The quantitative estimate of drug-likeness (QED) is 0.385. The largest absolute Gasteiger partial charge is 0.0616 e. The van der Waals surface area contributed by atoms with Crippen molar-refractivity contribution in [2.24, 2.45) is 0 Å². The fourth-order valence-corrected chi connectivity index (χ4v) is 3.29. The fraction of sp³-hybridized carbons (Fsp3) is 0.0909. The minimum Gasteiger partial charge on any atom is -0.0616 e. The summed E-state index contributed by atoms with van der Waals surface area (Å²) in [6.07, 6.45) is 0. The van der Waals surface area contributed by atoms with Crippen molar-refractivity contribution in [1.82, 2.24) is 0 Å². The second-order valence-electron chi connectivity index (χ2n) is 6.03. The first kappa shape index (κ1) is 13.1. The maximum Gasteiger partial charge on any atom is -0.0145 e. The highest BCUT2D eigenvalue weighted by Crippen LogP contribution is 2.33. The lowest BCUT2D eigenvalue weighted by molar-refractivity contribution is 1.44. The van der Waals surface area contributed by atoms with E-state index in [1.807, 2.05) is 0 Å². The Kier molecular flexibility index (Phi) is 2.97. The van der Waals surface area contributed by atoms with Crippen LogP contribution in [0.4, 0.5) is 0 Å². The van der Waals surface area contributed by atoms with Gasteiger partial charge in [0.1, 0.15) is 0 Å². The number of hydrogen-bond donors (Lipinski definition) is 0. The molecule has 0 saturated heterocycles. The Morgan fingerprint density at radius 3 is 1.14 bits per heavy atom. The predicted octanol–water partition coefficient (Wildman–Crippen LogP) is 6.28. The number of aryl methyl sites for hydroxylation is 2.